The van der Waals surface area contributed by atoms with Crippen molar-refractivity contribution in [2.45, 2.75) is 26.3 Å². The standard InChI is InChI=1S/C9H18N2O/c1-4-8(2)9(7-10)11-5-6-12-3/h8-9,11H,4-6H2,1-3H3. The van der Waals surface area contributed by atoms with Gasteiger partial charge in [-0.15, -0.1) is 0 Å². The number of nitrogens with one attached hydrogen (secondary N) is 1. The van der Waals surface area contributed by atoms with Gasteiger partial charge in [0.2, 0.25) is 0 Å². The van der Waals surface area contributed by atoms with Gasteiger partial charge in [-0.3, -0.25) is 5.32 Å². The van der Waals surface area contributed by atoms with Gasteiger partial charge in [0.15, 0.2) is 0 Å². The van der Waals surface area contributed by atoms with E-state index in [1.54, 1.807) is 7.11 Å². The minimum Gasteiger partial charge on any atom is -0.383 e. The first-order chi connectivity index (χ1) is 5.76. The molecular formula is C9H18N2O. The van der Waals surface area contributed by atoms with Gasteiger partial charge in [-0.25, -0.2) is 0 Å². The number of nitriles is 1. The summed E-state index contributed by atoms with van der Waals surface area (Å²) in [6.45, 7) is 5.58. The number of hydrogen-bond acceptors (Lipinski definition) is 3. The first-order valence-electron chi connectivity index (χ1n) is 4.38. The maximum absolute atomic E-state index is 8.77. The van der Waals surface area contributed by atoms with E-state index in [-0.39, 0.29) is 6.04 Å². The zero-order chi connectivity index (χ0) is 9.40. The highest BCUT2D eigenvalue weighted by Gasteiger charge is 2.12. The molecule has 0 aliphatic carbocycles. The Kier molecular flexibility index (Phi) is 6.73. The van der Waals surface area contributed by atoms with Gasteiger partial charge in [0, 0.05) is 13.7 Å². The maximum atomic E-state index is 8.77. The average Bonchev–Trinajstić information content (AvgIpc) is 2.11. The van der Waals surface area contributed by atoms with Crippen molar-refractivity contribution in [3.8, 4) is 6.07 Å². The van der Waals surface area contributed by atoms with E-state index in [0.717, 1.165) is 13.0 Å². The lowest BCUT2D eigenvalue weighted by Gasteiger charge is -2.16. The molecule has 0 spiro atoms. The van der Waals surface area contributed by atoms with Crippen molar-refractivity contribution in [1.29, 1.82) is 5.26 Å². The number of methoxy groups -OCH3 is 1. The molecule has 0 saturated heterocycles. The van der Waals surface area contributed by atoms with Crippen LogP contribution >= 0.6 is 0 Å². The molecule has 0 aliphatic rings. The van der Waals surface area contributed by atoms with Crippen LogP contribution in [0, 0.1) is 17.2 Å². The van der Waals surface area contributed by atoms with Crippen LogP contribution in [0.2, 0.25) is 0 Å². The number of hydrogen-bond donors (Lipinski definition) is 1. The van der Waals surface area contributed by atoms with Gasteiger partial charge in [0.25, 0.3) is 0 Å². The normalized spacial score (nSPS) is 15.2. The van der Waals surface area contributed by atoms with Gasteiger partial charge in [0.05, 0.1) is 18.7 Å². The van der Waals surface area contributed by atoms with Crippen molar-refractivity contribution in [2.75, 3.05) is 20.3 Å². The third-order valence-corrected chi connectivity index (χ3v) is 2.02. The molecule has 0 saturated carbocycles. The fourth-order valence-electron chi connectivity index (χ4n) is 0.926. The van der Waals surface area contributed by atoms with Crippen LogP contribution in [-0.2, 0) is 4.74 Å². The summed E-state index contributed by atoms with van der Waals surface area (Å²) in [5.41, 5.74) is 0. The van der Waals surface area contributed by atoms with Gasteiger partial charge in [-0.05, 0) is 5.92 Å². The first kappa shape index (κ1) is 11.4. The Hall–Kier alpha value is -0.590. The molecule has 0 heterocycles. The molecule has 70 valence electrons. The largest absolute Gasteiger partial charge is 0.383 e. The second-order valence-corrected chi connectivity index (χ2v) is 2.94. The summed E-state index contributed by atoms with van der Waals surface area (Å²) in [6.07, 6.45) is 1.03. The third kappa shape index (κ3) is 4.32. The maximum Gasteiger partial charge on any atom is 0.0979 e. The molecule has 0 aliphatic heterocycles. The molecule has 3 nitrogen and oxygen atoms in total. The summed E-state index contributed by atoms with van der Waals surface area (Å²) in [4.78, 5) is 0. The molecule has 0 aromatic heterocycles. The van der Waals surface area contributed by atoms with Crippen LogP contribution in [0.3, 0.4) is 0 Å². The van der Waals surface area contributed by atoms with E-state index in [4.69, 9.17) is 10.00 Å². The predicted octanol–water partition coefficient (Wildman–Crippen LogP) is 1.16. The Bertz CT molecular complexity index is 142. The molecule has 0 rings (SSSR count). The fourth-order valence-corrected chi connectivity index (χ4v) is 0.926. The molecule has 12 heavy (non-hydrogen) atoms. The Morgan fingerprint density at radius 3 is 2.67 bits per heavy atom. The van der Waals surface area contributed by atoms with Gasteiger partial charge >= 0.3 is 0 Å². The Balaban J connectivity index is 3.62. The van der Waals surface area contributed by atoms with Gasteiger partial charge in [-0.1, -0.05) is 20.3 Å². The Morgan fingerprint density at radius 2 is 2.25 bits per heavy atom. The second-order valence-electron chi connectivity index (χ2n) is 2.94. The molecule has 0 aromatic carbocycles. The lowest BCUT2D eigenvalue weighted by Crippen LogP contribution is -2.35. The highest BCUT2D eigenvalue weighted by atomic mass is 16.5. The van der Waals surface area contributed by atoms with Crippen molar-refractivity contribution < 1.29 is 4.74 Å². The Morgan fingerprint density at radius 1 is 1.58 bits per heavy atom. The quantitative estimate of drug-likeness (QED) is 0.608. The fraction of sp³-hybridized carbons (Fsp3) is 0.889. The van der Waals surface area contributed by atoms with Crippen molar-refractivity contribution in [2.24, 2.45) is 5.92 Å². The molecule has 2 unspecified atom stereocenters. The van der Waals surface area contributed by atoms with E-state index in [1.165, 1.54) is 0 Å². The van der Waals surface area contributed by atoms with Crippen molar-refractivity contribution in [3.05, 3.63) is 0 Å². The molecule has 2 atom stereocenters. The molecule has 0 bridgehead atoms. The summed E-state index contributed by atoms with van der Waals surface area (Å²) in [7, 11) is 1.66. The molecule has 3 heteroatoms. The molecule has 0 radical (unpaired) electrons. The summed E-state index contributed by atoms with van der Waals surface area (Å²) in [5, 5.41) is 11.9. The molecular weight excluding hydrogens is 152 g/mol. The van der Waals surface area contributed by atoms with Gasteiger partial charge < -0.3 is 4.74 Å². The topological polar surface area (TPSA) is 45.0 Å². The van der Waals surface area contributed by atoms with E-state index < -0.39 is 0 Å². The average molecular weight is 170 g/mol. The monoisotopic (exact) mass is 170 g/mol. The summed E-state index contributed by atoms with van der Waals surface area (Å²) < 4.78 is 4.88. The second kappa shape index (κ2) is 7.08. The van der Waals surface area contributed by atoms with Crippen molar-refractivity contribution in [1.82, 2.24) is 5.32 Å². The number of rotatable bonds is 6. The zero-order valence-corrected chi connectivity index (χ0v) is 8.13. The van der Waals surface area contributed by atoms with Crippen molar-refractivity contribution in [3.63, 3.8) is 0 Å². The number of nitrogens with zero attached hydrogens (tertiary/aromatic N) is 1. The molecule has 0 fully saturated rings. The highest BCUT2D eigenvalue weighted by molar-refractivity contribution is 4.92. The molecule has 1 N–H and O–H groups in total. The van der Waals surface area contributed by atoms with E-state index in [2.05, 4.69) is 25.2 Å². The number of ether oxygens (including phenoxy) is 1. The van der Waals surface area contributed by atoms with Crippen LogP contribution in [0.15, 0.2) is 0 Å². The van der Waals surface area contributed by atoms with E-state index in [9.17, 15) is 0 Å². The van der Waals surface area contributed by atoms with Gasteiger partial charge in [0.1, 0.15) is 0 Å². The van der Waals surface area contributed by atoms with Crippen molar-refractivity contribution >= 4 is 0 Å². The van der Waals surface area contributed by atoms with Crippen LogP contribution in [0.5, 0.6) is 0 Å². The zero-order valence-electron chi connectivity index (χ0n) is 8.13. The highest BCUT2D eigenvalue weighted by Crippen LogP contribution is 2.05. The van der Waals surface area contributed by atoms with Gasteiger partial charge in [-0.2, -0.15) is 5.26 Å². The smallest absolute Gasteiger partial charge is 0.0979 e. The SMILES string of the molecule is CCC(C)C(C#N)NCCOC. The van der Waals surface area contributed by atoms with Crippen LogP contribution < -0.4 is 5.32 Å². The summed E-state index contributed by atoms with van der Waals surface area (Å²) >= 11 is 0. The summed E-state index contributed by atoms with van der Waals surface area (Å²) in [6, 6.07) is 2.21. The van der Waals surface area contributed by atoms with E-state index in [1.807, 2.05) is 0 Å². The molecule has 0 aromatic rings. The lowest BCUT2D eigenvalue weighted by atomic mass is 10.0. The van der Waals surface area contributed by atoms with E-state index in [0.29, 0.717) is 12.5 Å². The van der Waals surface area contributed by atoms with Crippen LogP contribution in [0.25, 0.3) is 0 Å². The third-order valence-electron chi connectivity index (χ3n) is 2.02. The predicted molar refractivity (Wildman–Crippen MR) is 48.7 cm³/mol. The van der Waals surface area contributed by atoms with Crippen LogP contribution in [-0.4, -0.2) is 26.3 Å². The molecule has 0 amide bonds. The minimum absolute atomic E-state index is 0.0369. The van der Waals surface area contributed by atoms with Crippen LogP contribution in [0.4, 0.5) is 0 Å². The van der Waals surface area contributed by atoms with Crippen LogP contribution in [0.1, 0.15) is 20.3 Å². The first-order valence-corrected chi connectivity index (χ1v) is 4.38. The summed E-state index contributed by atoms with van der Waals surface area (Å²) in [5.74, 6) is 0.409. The Labute approximate surface area is 74.7 Å². The van der Waals surface area contributed by atoms with E-state index >= 15 is 0 Å². The lowest BCUT2D eigenvalue weighted by molar-refractivity contribution is 0.195. The minimum atomic E-state index is -0.0369.